The van der Waals surface area contributed by atoms with E-state index in [9.17, 15) is 15.1 Å². The first-order valence-corrected chi connectivity index (χ1v) is 41.0. The van der Waals surface area contributed by atoms with Gasteiger partial charge in [-0.2, -0.15) is 0 Å². The summed E-state index contributed by atoms with van der Waals surface area (Å²) in [5.74, 6) is 5.28. The summed E-state index contributed by atoms with van der Waals surface area (Å²) in [6, 6.07) is 26.7. The van der Waals surface area contributed by atoms with Crippen LogP contribution in [0.15, 0.2) is 182 Å². The van der Waals surface area contributed by atoms with E-state index in [4.69, 9.17) is 61.9 Å². The fourth-order valence-electron chi connectivity index (χ4n) is 9.43. The first-order chi connectivity index (χ1) is 50.9. The van der Waals surface area contributed by atoms with Gasteiger partial charge in [-0.1, -0.05) is 238 Å². The Balaban J connectivity index is 0. The first-order valence-electron chi connectivity index (χ1n) is 36.7. The Hall–Kier alpha value is -7.50. The second-order valence-electron chi connectivity index (χ2n) is 29.0. The van der Waals surface area contributed by atoms with Crippen molar-refractivity contribution in [2.75, 3.05) is 42.7 Å². The van der Waals surface area contributed by atoms with Crippen LogP contribution in [0.25, 0.3) is 22.3 Å². The predicted molar refractivity (Wildman–Crippen MR) is 471 cm³/mol. The quantitative estimate of drug-likeness (QED) is 0.0240. The van der Waals surface area contributed by atoms with Crippen LogP contribution >= 0.6 is 36.2 Å². The monoisotopic (exact) mass is 1580 g/mol. The van der Waals surface area contributed by atoms with Gasteiger partial charge in [0.2, 0.25) is 0 Å². The van der Waals surface area contributed by atoms with E-state index >= 15 is 0 Å². The maximum Gasteiger partial charge on any atom is 0.462 e. The molecule has 0 amide bonds. The Bertz CT molecular complexity index is 3790. The predicted octanol–water partition coefficient (Wildman–Crippen LogP) is 29.0. The molecule has 109 heavy (non-hydrogen) atoms. The van der Waals surface area contributed by atoms with E-state index in [0.717, 1.165) is 62.4 Å². The molecule has 0 spiro atoms. The lowest BCUT2D eigenvalue weighted by molar-refractivity contribution is 0.297. The second kappa shape index (κ2) is 51.9. The number of rotatable bonds is 23. The van der Waals surface area contributed by atoms with Gasteiger partial charge >= 0.3 is 24.9 Å². The largest absolute Gasteiger partial charge is 0.507 e. The highest BCUT2D eigenvalue weighted by Crippen LogP contribution is 2.55. The number of allylic oxidation sites excluding steroid dienone is 12. The fraction of sp³-hybridized carbons (Fsp3) is 0.429. The maximum atomic E-state index is 11.0. The molecular formula is C91H136ClO14P3. The molecule has 3 N–H and O–H groups in total. The summed E-state index contributed by atoms with van der Waals surface area (Å²) in [4.78, 5) is 10.5. The molecule has 0 bridgehead atoms. The fourth-order valence-corrected chi connectivity index (χ4v) is 11.8. The Kier molecular flexibility index (Phi) is 49.3. The van der Waals surface area contributed by atoms with Gasteiger partial charge in [-0.25, -0.2) is 0 Å². The Morgan fingerprint density at radius 2 is 0.844 bits per heavy atom. The number of phenols is 2. The van der Waals surface area contributed by atoms with Crippen molar-refractivity contribution in [3.63, 3.8) is 0 Å². The molecule has 0 heterocycles. The van der Waals surface area contributed by atoms with E-state index in [0.29, 0.717) is 56.8 Å². The van der Waals surface area contributed by atoms with Gasteiger partial charge in [-0.15, -0.1) is 0 Å². The maximum absolute atomic E-state index is 11.0. The molecule has 6 aromatic carbocycles. The first kappa shape index (κ1) is 104. The van der Waals surface area contributed by atoms with E-state index in [2.05, 4.69) is 113 Å². The number of ether oxygens (including phenoxy) is 4. The zero-order valence-corrected chi connectivity index (χ0v) is 76.1. The number of phenolic OH excluding ortho intramolecular Hbond substituents is 2. The van der Waals surface area contributed by atoms with Crippen LogP contribution in [0.2, 0.25) is 0 Å². The van der Waals surface area contributed by atoms with Crippen LogP contribution < -0.4 is 37.0 Å². The number of aromatic hydroxyl groups is 2. The van der Waals surface area contributed by atoms with E-state index in [1.807, 2.05) is 210 Å². The van der Waals surface area contributed by atoms with E-state index in [1.54, 1.807) is 59.0 Å². The number of hydrogen-bond donors (Lipinski definition) is 3. The number of benzene rings is 6. The van der Waals surface area contributed by atoms with Gasteiger partial charge in [-0.05, 0) is 193 Å². The van der Waals surface area contributed by atoms with E-state index < -0.39 is 24.9 Å². The third-order valence-corrected chi connectivity index (χ3v) is 18.1. The molecule has 6 aromatic rings. The Morgan fingerprint density at radius 3 is 1.12 bits per heavy atom. The lowest BCUT2D eigenvalue weighted by Gasteiger charge is -2.29. The van der Waals surface area contributed by atoms with Crippen LogP contribution in [0.3, 0.4) is 0 Å². The molecule has 0 aliphatic carbocycles. The van der Waals surface area contributed by atoms with E-state index in [1.165, 1.54) is 36.5 Å². The summed E-state index contributed by atoms with van der Waals surface area (Å²) in [7, 11) is 3.79. The van der Waals surface area contributed by atoms with Crippen molar-refractivity contribution in [3.05, 3.63) is 226 Å². The second-order valence-corrected chi connectivity index (χ2v) is 32.9. The zero-order valence-electron chi connectivity index (χ0n) is 72.7. The highest BCUT2D eigenvalue weighted by molar-refractivity contribution is 7.76. The number of aryl methyl sites for hydroxylation is 4. The third kappa shape index (κ3) is 37.4. The van der Waals surface area contributed by atoms with Gasteiger partial charge in [0.05, 0.1) is 34.7 Å². The average Bonchev–Trinajstić information content (AvgIpc) is 0.762. The standard InChI is InChI=1S/C32H46O8P2.C22H30O4.C16H18ClO2P.C7H12.C5H10.C5H8.2C2H6/c1-13-15-22(2)16-14-17-38-42(37-12)40-30-26(19-24(35-10)21-28(30)32(6,7)8)25-18-23(34-9)20-27(31(3,4)5)29(25)39-41(33)36-11;1-21(2,3)17-11-13(25-7)9-15(19(17)23)16-10-14(26-8)12-18(20(16)24)22(4,5)6;1-11-5-7-15(13(3)9-11)18-20(17)19-16-8-6-12(2)10-14(16)4;1-4-6-7(3)5-2;2*1-4-5(2)3;2*1-2/h13-21,33H,1-12H3;9-12,23-24H,1-8H3;5-10H,1-4H3;5-6H,2,4H2,1,3H3;4H,1-3H3;4H,1-2H2,3H3;2*1-2H3/b15-13+,17-14+,22-16-;;;7-6-;;;;. The molecule has 2 atom stereocenters. The van der Waals surface area contributed by atoms with Crippen LogP contribution in [0.4, 0.5) is 0 Å². The highest BCUT2D eigenvalue weighted by atomic mass is 35.7. The van der Waals surface area contributed by atoms with Crippen molar-refractivity contribution in [2.24, 2.45) is 0 Å². The molecule has 0 radical (unpaired) electrons. The van der Waals surface area contributed by atoms with E-state index in [-0.39, 0.29) is 33.2 Å². The number of methoxy groups -OCH3 is 4. The van der Waals surface area contributed by atoms with Crippen molar-refractivity contribution in [1.82, 2.24) is 0 Å². The molecule has 14 nitrogen and oxygen atoms in total. The summed E-state index contributed by atoms with van der Waals surface area (Å²) in [5, 5.41) is 21.9. The van der Waals surface area contributed by atoms with Gasteiger partial charge in [0.1, 0.15) is 57.5 Å². The summed E-state index contributed by atoms with van der Waals surface area (Å²) in [6.45, 7) is 67.6. The number of hydrogen-bond acceptors (Lipinski definition) is 14. The van der Waals surface area contributed by atoms with Crippen LogP contribution in [0.5, 0.6) is 57.5 Å². The van der Waals surface area contributed by atoms with Gasteiger partial charge in [0.25, 0.3) is 0 Å². The van der Waals surface area contributed by atoms with Crippen LogP contribution in [0.1, 0.15) is 217 Å². The van der Waals surface area contributed by atoms with Crippen LogP contribution in [-0.4, -0.2) is 57.8 Å². The summed E-state index contributed by atoms with van der Waals surface area (Å²) in [5.41, 5.74) is 13.5. The minimum absolute atomic E-state index is 0.140. The molecule has 0 aromatic heterocycles. The molecule has 0 saturated heterocycles. The molecule has 0 saturated carbocycles. The van der Waals surface area contributed by atoms with Crippen LogP contribution in [-0.2, 0) is 35.2 Å². The molecule has 0 fully saturated rings. The molecular weight excluding hydrogens is 1450 g/mol. The minimum Gasteiger partial charge on any atom is -0.507 e. The van der Waals surface area contributed by atoms with Crippen molar-refractivity contribution < 1.29 is 65.7 Å². The minimum atomic E-state index is -2.21. The molecule has 0 aliphatic rings. The molecule has 2 unspecified atom stereocenters. The van der Waals surface area contributed by atoms with Crippen LogP contribution in [0, 0.1) is 27.7 Å². The smallest absolute Gasteiger partial charge is 0.462 e. The van der Waals surface area contributed by atoms with Gasteiger partial charge in [0.15, 0.2) is 0 Å². The average molecular weight is 1580 g/mol. The van der Waals surface area contributed by atoms with Gasteiger partial charge < -0.3 is 61.2 Å². The van der Waals surface area contributed by atoms with Gasteiger partial charge in [0, 0.05) is 58.7 Å². The molecule has 18 heteroatoms. The summed E-state index contributed by atoms with van der Waals surface area (Å²) < 4.78 is 63.0. The zero-order chi connectivity index (χ0) is 84.5. The molecule has 6 rings (SSSR count). The summed E-state index contributed by atoms with van der Waals surface area (Å²) >= 11 is 6.19. The topological polar surface area (TPSA) is 162 Å². The Morgan fingerprint density at radius 1 is 0.495 bits per heavy atom. The van der Waals surface area contributed by atoms with Crippen molar-refractivity contribution in [1.29, 1.82) is 0 Å². The van der Waals surface area contributed by atoms with Crippen molar-refractivity contribution >= 4 is 36.2 Å². The van der Waals surface area contributed by atoms with Crippen molar-refractivity contribution in [3.8, 4) is 79.7 Å². The highest BCUT2D eigenvalue weighted by Gasteiger charge is 2.33. The summed E-state index contributed by atoms with van der Waals surface area (Å²) in [6.07, 6.45) is 18.2. The number of halogens is 1. The normalized spacial score (nSPS) is 11.8. The Labute approximate surface area is 668 Å². The lowest BCUT2D eigenvalue weighted by Crippen LogP contribution is -2.15. The van der Waals surface area contributed by atoms with Gasteiger partial charge in [-0.3, -0.25) is 4.52 Å². The SMILES string of the molecule is C/C=C/C(C)=C\C=C\OP(OC)Oc1c(-c2cc(OC)cc(C(C)(C)C)c2OP(O)OC)cc(OC)cc1C(C)(C)C.C=C/C(C)=C\CC.C=CC(=C)C.CC.CC.CC=C(C)C.COc1cc(-c2cc(OC)cc(C(C)(C)C)c2O)c(O)c(C(C)(C)C)c1.Cc1ccc(OP(Cl)Oc2ccc(C)cc2C)c(C)c1. The lowest BCUT2D eigenvalue weighted by atomic mass is 9.81. The molecule has 0 aliphatic heterocycles. The molecule has 606 valence electrons. The third-order valence-electron chi connectivity index (χ3n) is 15.5. The van der Waals surface area contributed by atoms with Crippen molar-refractivity contribution in [2.45, 2.75) is 222 Å².